The van der Waals surface area contributed by atoms with Crippen LogP contribution < -0.4 is 10.3 Å². The molecule has 1 aliphatic rings. The maximum atomic E-state index is 10.7. The summed E-state index contributed by atoms with van der Waals surface area (Å²) in [5.41, 5.74) is 6.55. The molecule has 9 heteroatoms. The summed E-state index contributed by atoms with van der Waals surface area (Å²) < 4.78 is 5.27. The molecule has 2 heterocycles. The second-order valence-corrected chi connectivity index (χ2v) is 5.86. The zero-order valence-electron chi connectivity index (χ0n) is 12.7. The van der Waals surface area contributed by atoms with Gasteiger partial charge in [0.05, 0.1) is 10.6 Å². The number of non-ortho nitro benzene ring substituents is 1. The molecule has 2 N–H and O–H groups in total. The van der Waals surface area contributed by atoms with Gasteiger partial charge in [-0.1, -0.05) is 29.4 Å². The molecule has 1 aliphatic heterocycles. The normalized spacial score (nSPS) is 13.4. The fourth-order valence-corrected chi connectivity index (χ4v) is 2.87. The molecular weight excluding hydrogens is 342 g/mol. The Kier molecular flexibility index (Phi) is 3.92. The van der Waals surface area contributed by atoms with Crippen molar-refractivity contribution in [1.82, 2.24) is 20.4 Å². The van der Waals surface area contributed by atoms with Crippen LogP contribution in [-0.2, 0) is 0 Å². The zero-order valence-corrected chi connectivity index (χ0v) is 13.5. The van der Waals surface area contributed by atoms with E-state index in [0.717, 1.165) is 16.8 Å². The maximum absolute atomic E-state index is 10.7. The van der Waals surface area contributed by atoms with E-state index in [1.165, 1.54) is 24.1 Å². The standard InChI is InChI=1S/C16H11N5O3S/c22-21(23)13-7-5-12(6-8-13)16-17-15(19-24-16)11-3-1-10(2-4-11)14-9-25-20-18-14/h1-9,18,20H. The van der Waals surface area contributed by atoms with Crippen LogP contribution in [0.4, 0.5) is 5.69 Å². The summed E-state index contributed by atoms with van der Waals surface area (Å²) in [5, 5.41) is 16.7. The molecule has 2 aromatic carbocycles. The summed E-state index contributed by atoms with van der Waals surface area (Å²) >= 11 is 1.48. The molecule has 0 spiro atoms. The van der Waals surface area contributed by atoms with Gasteiger partial charge in [0.1, 0.15) is 0 Å². The third-order valence-corrected chi connectivity index (χ3v) is 4.20. The Labute approximate surface area is 146 Å². The zero-order chi connectivity index (χ0) is 17.2. The summed E-state index contributed by atoms with van der Waals surface area (Å²) in [6.07, 6.45) is 0. The Morgan fingerprint density at radius 2 is 1.68 bits per heavy atom. The number of nitro benzene ring substituents is 1. The lowest BCUT2D eigenvalue weighted by Gasteiger charge is -2.03. The van der Waals surface area contributed by atoms with Crippen molar-refractivity contribution >= 4 is 23.3 Å². The summed E-state index contributed by atoms with van der Waals surface area (Å²) in [6, 6.07) is 13.7. The van der Waals surface area contributed by atoms with E-state index in [9.17, 15) is 10.1 Å². The minimum Gasteiger partial charge on any atom is -0.334 e. The maximum Gasteiger partial charge on any atom is 0.269 e. The van der Waals surface area contributed by atoms with Crippen LogP contribution in [0.25, 0.3) is 28.5 Å². The molecule has 3 aromatic rings. The molecule has 4 rings (SSSR count). The van der Waals surface area contributed by atoms with Crippen LogP contribution in [-0.4, -0.2) is 15.1 Å². The number of aromatic nitrogens is 2. The molecule has 1 aromatic heterocycles. The van der Waals surface area contributed by atoms with Gasteiger partial charge in [0.2, 0.25) is 5.82 Å². The van der Waals surface area contributed by atoms with Crippen molar-refractivity contribution in [3.8, 4) is 22.8 Å². The van der Waals surface area contributed by atoms with Crippen LogP contribution >= 0.6 is 11.9 Å². The number of hydrogen-bond acceptors (Lipinski definition) is 8. The highest BCUT2D eigenvalue weighted by molar-refractivity contribution is 8.00. The minimum absolute atomic E-state index is 0.0153. The van der Waals surface area contributed by atoms with Gasteiger partial charge in [0, 0.05) is 28.7 Å². The monoisotopic (exact) mass is 353 g/mol. The molecule has 0 fully saturated rings. The first-order valence-electron chi connectivity index (χ1n) is 7.27. The average Bonchev–Trinajstić information content (AvgIpc) is 3.34. The average molecular weight is 353 g/mol. The predicted molar refractivity (Wildman–Crippen MR) is 93.7 cm³/mol. The van der Waals surface area contributed by atoms with Crippen molar-refractivity contribution in [2.75, 3.05) is 0 Å². The number of nitrogens with one attached hydrogen (secondary N) is 2. The lowest BCUT2D eigenvalue weighted by Crippen LogP contribution is -2.17. The highest BCUT2D eigenvalue weighted by atomic mass is 32.2. The van der Waals surface area contributed by atoms with Gasteiger partial charge < -0.3 is 9.95 Å². The molecule has 0 saturated carbocycles. The van der Waals surface area contributed by atoms with Crippen LogP contribution in [0.5, 0.6) is 0 Å². The van der Waals surface area contributed by atoms with Crippen LogP contribution in [0.1, 0.15) is 5.56 Å². The van der Waals surface area contributed by atoms with E-state index in [0.29, 0.717) is 17.3 Å². The lowest BCUT2D eigenvalue weighted by molar-refractivity contribution is -0.384. The van der Waals surface area contributed by atoms with Gasteiger partial charge in [-0.2, -0.15) is 9.82 Å². The number of hydrazine groups is 1. The van der Waals surface area contributed by atoms with Crippen LogP contribution in [0.15, 0.2) is 58.5 Å². The second-order valence-electron chi connectivity index (χ2n) is 5.18. The second kappa shape index (κ2) is 6.38. The van der Waals surface area contributed by atoms with E-state index in [1.54, 1.807) is 12.1 Å². The first-order chi connectivity index (χ1) is 12.2. The predicted octanol–water partition coefficient (Wildman–Crippen LogP) is 3.37. The van der Waals surface area contributed by atoms with E-state index in [-0.39, 0.29) is 5.69 Å². The van der Waals surface area contributed by atoms with Crippen LogP contribution in [0, 0.1) is 10.1 Å². The van der Waals surface area contributed by atoms with Gasteiger partial charge in [-0.25, -0.2) is 0 Å². The number of nitrogens with zero attached hydrogens (tertiary/aromatic N) is 3. The van der Waals surface area contributed by atoms with E-state index in [2.05, 4.69) is 20.4 Å². The van der Waals surface area contributed by atoms with Crippen molar-refractivity contribution in [3.63, 3.8) is 0 Å². The van der Waals surface area contributed by atoms with E-state index in [4.69, 9.17) is 4.52 Å². The molecule has 0 saturated heterocycles. The number of rotatable bonds is 4. The third kappa shape index (κ3) is 3.10. The summed E-state index contributed by atoms with van der Waals surface area (Å²) in [7, 11) is 0. The van der Waals surface area contributed by atoms with Crippen molar-refractivity contribution in [2.24, 2.45) is 0 Å². The van der Waals surface area contributed by atoms with E-state index >= 15 is 0 Å². The largest absolute Gasteiger partial charge is 0.334 e. The fraction of sp³-hybridized carbons (Fsp3) is 0. The van der Waals surface area contributed by atoms with E-state index in [1.807, 2.05) is 29.7 Å². The van der Waals surface area contributed by atoms with Crippen LogP contribution in [0.3, 0.4) is 0 Å². The lowest BCUT2D eigenvalue weighted by atomic mass is 10.1. The Balaban J connectivity index is 1.57. The first-order valence-corrected chi connectivity index (χ1v) is 8.15. The molecule has 0 unspecified atom stereocenters. The van der Waals surface area contributed by atoms with Gasteiger partial charge in [0.25, 0.3) is 11.6 Å². The molecule has 25 heavy (non-hydrogen) atoms. The van der Waals surface area contributed by atoms with Gasteiger partial charge in [-0.3, -0.25) is 10.1 Å². The van der Waals surface area contributed by atoms with Crippen molar-refractivity contribution < 1.29 is 9.45 Å². The highest BCUT2D eigenvalue weighted by Gasteiger charge is 2.13. The minimum atomic E-state index is -0.451. The quantitative estimate of drug-likeness (QED) is 0.418. The van der Waals surface area contributed by atoms with Crippen LogP contribution in [0.2, 0.25) is 0 Å². The highest BCUT2D eigenvalue weighted by Crippen LogP contribution is 2.26. The topological polar surface area (TPSA) is 106 Å². The number of hydrogen-bond donors (Lipinski definition) is 2. The molecule has 0 radical (unpaired) electrons. The molecule has 0 aliphatic carbocycles. The molecule has 0 atom stereocenters. The van der Waals surface area contributed by atoms with Gasteiger partial charge in [-0.15, -0.1) is 0 Å². The van der Waals surface area contributed by atoms with Crippen molar-refractivity contribution in [3.05, 3.63) is 69.6 Å². The summed E-state index contributed by atoms with van der Waals surface area (Å²) in [6.45, 7) is 0. The van der Waals surface area contributed by atoms with E-state index < -0.39 is 4.92 Å². The number of nitro groups is 1. The number of benzene rings is 2. The Hall–Kier alpha value is -3.17. The first kappa shape index (κ1) is 15.4. The molecular formula is C16H11N5O3S. The summed E-state index contributed by atoms with van der Waals surface area (Å²) in [5.74, 6) is 0.774. The smallest absolute Gasteiger partial charge is 0.269 e. The SMILES string of the molecule is O=[N+]([O-])c1ccc(-c2nc(-c3ccc(C4=CSNN4)cc3)no2)cc1. The van der Waals surface area contributed by atoms with Gasteiger partial charge in [0.15, 0.2) is 0 Å². The molecule has 0 bridgehead atoms. The van der Waals surface area contributed by atoms with Crippen molar-refractivity contribution in [1.29, 1.82) is 0 Å². The van der Waals surface area contributed by atoms with Gasteiger partial charge >= 0.3 is 0 Å². The molecule has 8 nitrogen and oxygen atoms in total. The Bertz CT molecular complexity index is 951. The van der Waals surface area contributed by atoms with Crippen molar-refractivity contribution in [2.45, 2.75) is 0 Å². The van der Waals surface area contributed by atoms with Gasteiger partial charge in [-0.05, 0) is 29.6 Å². The third-order valence-electron chi connectivity index (χ3n) is 3.63. The Morgan fingerprint density at radius 3 is 2.32 bits per heavy atom. The Morgan fingerprint density at radius 1 is 1.00 bits per heavy atom. The summed E-state index contributed by atoms with van der Waals surface area (Å²) in [4.78, 5) is 17.5. The molecule has 124 valence electrons. The fourth-order valence-electron chi connectivity index (χ4n) is 2.33. The molecule has 0 amide bonds.